The van der Waals surface area contributed by atoms with E-state index in [1.165, 1.54) is 4.90 Å². The largest absolute Gasteiger partial charge is 0.360 e. The van der Waals surface area contributed by atoms with E-state index in [2.05, 4.69) is 29.3 Å². The van der Waals surface area contributed by atoms with Crippen LogP contribution in [-0.4, -0.2) is 24.2 Å². The second-order valence-corrected chi connectivity index (χ2v) is 7.25. The minimum absolute atomic E-state index is 0.0174. The number of hydrogen-bond donors (Lipinski definition) is 1. The number of nitrogens with zero attached hydrogens (tertiary/aromatic N) is 1. The molecule has 0 aromatic heterocycles. The highest BCUT2D eigenvalue weighted by Crippen LogP contribution is 2.37. The lowest BCUT2D eigenvalue weighted by Gasteiger charge is -2.33. The summed E-state index contributed by atoms with van der Waals surface area (Å²) in [7, 11) is 0. The van der Waals surface area contributed by atoms with Gasteiger partial charge in [0.25, 0.3) is 0 Å². The van der Waals surface area contributed by atoms with E-state index >= 15 is 0 Å². The van der Waals surface area contributed by atoms with Crippen LogP contribution in [0, 0.1) is 0 Å². The molecule has 1 aliphatic heterocycles. The zero-order valence-corrected chi connectivity index (χ0v) is 13.8. The SMILES string of the molecule is C[C@H]1CN(CC(=O)Nc2ccc(Cl)cc2)c2ccccc2S1. The number of thioether (sulfide) groups is 1. The number of para-hydroxylation sites is 1. The average molecular weight is 333 g/mol. The standard InChI is InChI=1S/C17H17ClN2OS/c1-12-10-20(15-4-2-3-5-16(15)22-12)11-17(21)19-14-8-6-13(18)7-9-14/h2-9,12H,10-11H2,1H3,(H,19,21)/t12-/m0/s1. The van der Waals surface area contributed by atoms with Gasteiger partial charge in [0.15, 0.2) is 0 Å². The minimum atomic E-state index is -0.0174. The molecule has 22 heavy (non-hydrogen) atoms. The summed E-state index contributed by atoms with van der Waals surface area (Å²) in [4.78, 5) is 15.7. The van der Waals surface area contributed by atoms with Gasteiger partial charge >= 0.3 is 0 Å². The van der Waals surface area contributed by atoms with Gasteiger partial charge in [-0.05, 0) is 36.4 Å². The quantitative estimate of drug-likeness (QED) is 0.910. The first-order valence-corrected chi connectivity index (χ1v) is 8.43. The fourth-order valence-corrected chi connectivity index (χ4v) is 3.83. The molecule has 0 unspecified atom stereocenters. The van der Waals surface area contributed by atoms with Crippen LogP contribution in [0.3, 0.4) is 0 Å². The number of halogens is 1. The molecule has 1 N–H and O–H groups in total. The Hall–Kier alpha value is -1.65. The van der Waals surface area contributed by atoms with Crippen molar-refractivity contribution in [1.29, 1.82) is 0 Å². The van der Waals surface area contributed by atoms with Crippen LogP contribution < -0.4 is 10.2 Å². The first kappa shape index (κ1) is 15.3. The summed E-state index contributed by atoms with van der Waals surface area (Å²) in [6.07, 6.45) is 0. The fraction of sp³-hybridized carbons (Fsp3) is 0.235. The summed E-state index contributed by atoms with van der Waals surface area (Å²) in [5, 5.41) is 4.05. The van der Waals surface area contributed by atoms with Crippen molar-refractivity contribution in [1.82, 2.24) is 0 Å². The Morgan fingerprint density at radius 3 is 2.77 bits per heavy atom. The van der Waals surface area contributed by atoms with Crippen molar-refractivity contribution in [3.63, 3.8) is 0 Å². The average Bonchev–Trinajstić information content (AvgIpc) is 2.49. The molecule has 1 atom stereocenters. The van der Waals surface area contributed by atoms with Gasteiger partial charge in [-0.3, -0.25) is 4.79 Å². The van der Waals surface area contributed by atoms with E-state index in [9.17, 15) is 4.79 Å². The van der Waals surface area contributed by atoms with Crippen molar-refractivity contribution in [3.05, 3.63) is 53.6 Å². The highest BCUT2D eigenvalue weighted by Gasteiger charge is 2.23. The molecule has 5 heteroatoms. The van der Waals surface area contributed by atoms with E-state index in [-0.39, 0.29) is 5.91 Å². The van der Waals surface area contributed by atoms with Gasteiger partial charge in [0, 0.05) is 27.4 Å². The Kier molecular flexibility index (Phi) is 4.60. The highest BCUT2D eigenvalue weighted by molar-refractivity contribution is 8.00. The summed E-state index contributed by atoms with van der Waals surface area (Å²) in [5.74, 6) is -0.0174. The van der Waals surface area contributed by atoms with Gasteiger partial charge in [-0.1, -0.05) is 30.7 Å². The molecule has 0 saturated heterocycles. The second-order valence-electron chi connectivity index (χ2n) is 5.33. The number of carbonyl (C=O) groups is 1. The van der Waals surface area contributed by atoms with Crippen molar-refractivity contribution < 1.29 is 4.79 Å². The van der Waals surface area contributed by atoms with Crippen molar-refractivity contribution in [2.75, 3.05) is 23.3 Å². The monoisotopic (exact) mass is 332 g/mol. The number of fused-ring (bicyclic) bond motifs is 1. The summed E-state index contributed by atoms with van der Waals surface area (Å²) in [5.41, 5.74) is 1.90. The maximum absolute atomic E-state index is 12.3. The molecule has 1 heterocycles. The van der Waals surface area contributed by atoms with E-state index in [1.807, 2.05) is 36.0 Å². The maximum atomic E-state index is 12.3. The normalized spacial score (nSPS) is 17.0. The van der Waals surface area contributed by atoms with Gasteiger partial charge in [0.2, 0.25) is 5.91 Å². The van der Waals surface area contributed by atoms with Gasteiger partial charge in [0.05, 0.1) is 12.2 Å². The van der Waals surface area contributed by atoms with Crippen LogP contribution in [0.5, 0.6) is 0 Å². The third-order valence-electron chi connectivity index (χ3n) is 3.47. The maximum Gasteiger partial charge on any atom is 0.243 e. The Morgan fingerprint density at radius 1 is 1.27 bits per heavy atom. The second kappa shape index (κ2) is 6.63. The summed E-state index contributed by atoms with van der Waals surface area (Å²) in [6, 6.07) is 15.4. The van der Waals surface area contributed by atoms with Crippen LogP contribution in [0.2, 0.25) is 5.02 Å². The molecule has 3 nitrogen and oxygen atoms in total. The van der Waals surface area contributed by atoms with E-state index in [4.69, 9.17) is 11.6 Å². The van der Waals surface area contributed by atoms with Crippen molar-refractivity contribution >= 4 is 40.6 Å². The zero-order valence-electron chi connectivity index (χ0n) is 12.3. The van der Waals surface area contributed by atoms with Crippen molar-refractivity contribution in [2.45, 2.75) is 17.1 Å². The third-order valence-corrected chi connectivity index (χ3v) is 4.88. The molecular weight excluding hydrogens is 316 g/mol. The molecule has 0 radical (unpaired) electrons. The number of amides is 1. The van der Waals surface area contributed by atoms with E-state index in [0.29, 0.717) is 16.8 Å². The number of rotatable bonds is 3. The molecule has 2 aromatic carbocycles. The highest BCUT2D eigenvalue weighted by atomic mass is 35.5. The molecule has 0 spiro atoms. The summed E-state index contributed by atoms with van der Waals surface area (Å²) < 4.78 is 0. The molecule has 0 fully saturated rings. The molecular formula is C17H17ClN2OS. The summed E-state index contributed by atoms with van der Waals surface area (Å²) in [6.45, 7) is 3.41. The predicted molar refractivity (Wildman–Crippen MR) is 94.1 cm³/mol. The lowest BCUT2D eigenvalue weighted by molar-refractivity contribution is -0.115. The molecule has 2 aromatic rings. The van der Waals surface area contributed by atoms with Crippen LogP contribution in [0.15, 0.2) is 53.4 Å². The molecule has 3 rings (SSSR count). The molecule has 1 aliphatic rings. The lowest BCUT2D eigenvalue weighted by atomic mass is 10.2. The van der Waals surface area contributed by atoms with Crippen LogP contribution in [0.1, 0.15) is 6.92 Å². The van der Waals surface area contributed by atoms with Gasteiger partial charge < -0.3 is 10.2 Å². The van der Waals surface area contributed by atoms with Gasteiger partial charge in [-0.2, -0.15) is 0 Å². The Morgan fingerprint density at radius 2 is 2.00 bits per heavy atom. The predicted octanol–water partition coefficient (Wildman–Crippen LogP) is 4.28. The first-order chi connectivity index (χ1) is 10.6. The number of carbonyl (C=O) groups excluding carboxylic acids is 1. The Bertz CT molecular complexity index is 675. The fourth-order valence-electron chi connectivity index (χ4n) is 2.54. The minimum Gasteiger partial charge on any atom is -0.360 e. The van der Waals surface area contributed by atoms with Crippen LogP contribution in [0.4, 0.5) is 11.4 Å². The molecule has 0 bridgehead atoms. The van der Waals surface area contributed by atoms with Crippen LogP contribution in [0.25, 0.3) is 0 Å². The van der Waals surface area contributed by atoms with Crippen molar-refractivity contribution in [3.8, 4) is 0 Å². The molecule has 0 aliphatic carbocycles. The smallest absolute Gasteiger partial charge is 0.243 e. The van der Waals surface area contributed by atoms with Gasteiger partial charge in [-0.25, -0.2) is 0 Å². The van der Waals surface area contributed by atoms with Crippen LogP contribution in [-0.2, 0) is 4.79 Å². The number of nitrogens with one attached hydrogen (secondary N) is 1. The van der Waals surface area contributed by atoms with E-state index in [1.54, 1.807) is 12.1 Å². The Balaban J connectivity index is 1.70. The van der Waals surface area contributed by atoms with E-state index < -0.39 is 0 Å². The van der Waals surface area contributed by atoms with Gasteiger partial charge in [0.1, 0.15) is 0 Å². The van der Waals surface area contributed by atoms with Crippen LogP contribution >= 0.6 is 23.4 Å². The van der Waals surface area contributed by atoms with Gasteiger partial charge in [-0.15, -0.1) is 11.8 Å². The summed E-state index contributed by atoms with van der Waals surface area (Å²) >= 11 is 7.71. The molecule has 0 saturated carbocycles. The number of anilines is 2. The number of benzene rings is 2. The third kappa shape index (κ3) is 3.57. The first-order valence-electron chi connectivity index (χ1n) is 7.18. The lowest BCUT2D eigenvalue weighted by Crippen LogP contribution is -2.39. The zero-order chi connectivity index (χ0) is 15.5. The topological polar surface area (TPSA) is 32.3 Å². The number of hydrogen-bond acceptors (Lipinski definition) is 3. The van der Waals surface area contributed by atoms with E-state index in [0.717, 1.165) is 17.9 Å². The molecule has 1 amide bonds. The molecule has 114 valence electrons. The Labute approximate surface area is 139 Å². The van der Waals surface area contributed by atoms with Crippen molar-refractivity contribution in [2.24, 2.45) is 0 Å².